The second kappa shape index (κ2) is 3.19. The molecule has 3 aromatic heterocycles. The van der Waals surface area contributed by atoms with E-state index in [1.807, 2.05) is 0 Å². The minimum Gasteiger partial charge on any atom is -0.463 e. The van der Waals surface area contributed by atoms with Crippen LogP contribution >= 0.6 is 0 Å². The van der Waals surface area contributed by atoms with Crippen LogP contribution < -0.4 is 5.84 Å². The zero-order chi connectivity index (χ0) is 11.0. The molecule has 8 nitrogen and oxygen atoms in total. The molecule has 0 bridgehead atoms. The maximum Gasteiger partial charge on any atom is 0.273 e. The summed E-state index contributed by atoms with van der Waals surface area (Å²) in [5, 5.41) is 11.6. The van der Waals surface area contributed by atoms with E-state index in [-0.39, 0.29) is 0 Å². The van der Waals surface area contributed by atoms with Crippen molar-refractivity contribution in [2.45, 2.75) is 0 Å². The number of nitrogens with two attached hydrogens (primary N) is 1. The molecule has 3 aromatic rings. The standard InChI is InChI=1S/C8H7N7O/c9-14-5-11-15-7(12-13-8(14)15)10-4-6-2-1-3-16-6/h1-5H,9H2/b10-4+. The molecule has 0 spiro atoms. The van der Waals surface area contributed by atoms with Crippen LogP contribution in [-0.2, 0) is 0 Å². The Morgan fingerprint density at radius 2 is 2.38 bits per heavy atom. The van der Waals surface area contributed by atoms with E-state index in [2.05, 4.69) is 20.3 Å². The molecule has 0 saturated heterocycles. The summed E-state index contributed by atoms with van der Waals surface area (Å²) in [5.74, 6) is 6.94. The fourth-order valence-electron chi connectivity index (χ4n) is 1.25. The van der Waals surface area contributed by atoms with Gasteiger partial charge in [0.05, 0.1) is 12.5 Å². The van der Waals surface area contributed by atoms with Crippen molar-refractivity contribution in [1.82, 2.24) is 24.5 Å². The van der Waals surface area contributed by atoms with Crippen LogP contribution in [0.25, 0.3) is 5.78 Å². The van der Waals surface area contributed by atoms with Gasteiger partial charge in [-0.3, -0.25) is 0 Å². The van der Waals surface area contributed by atoms with Crippen LogP contribution in [0.4, 0.5) is 5.95 Å². The normalized spacial score (nSPS) is 11.8. The molecule has 0 aliphatic heterocycles. The average molecular weight is 217 g/mol. The summed E-state index contributed by atoms with van der Waals surface area (Å²) < 4.78 is 7.78. The van der Waals surface area contributed by atoms with Crippen LogP contribution in [0.5, 0.6) is 0 Å². The van der Waals surface area contributed by atoms with Crippen molar-refractivity contribution >= 4 is 17.9 Å². The number of nitrogen functional groups attached to an aromatic ring is 1. The number of aromatic nitrogens is 5. The van der Waals surface area contributed by atoms with Gasteiger partial charge in [0.15, 0.2) is 0 Å². The zero-order valence-corrected chi connectivity index (χ0v) is 8.06. The van der Waals surface area contributed by atoms with Crippen LogP contribution in [0, 0.1) is 0 Å². The molecular weight excluding hydrogens is 210 g/mol. The van der Waals surface area contributed by atoms with E-state index in [0.717, 1.165) is 0 Å². The van der Waals surface area contributed by atoms with E-state index in [0.29, 0.717) is 17.5 Å². The SMILES string of the molecule is Nn1cnn2c(/N=C/c3ccco3)nnc12. The van der Waals surface area contributed by atoms with Gasteiger partial charge in [0.2, 0.25) is 0 Å². The number of hydrogen-bond acceptors (Lipinski definition) is 6. The molecule has 0 aromatic carbocycles. The van der Waals surface area contributed by atoms with Crippen molar-refractivity contribution in [3.63, 3.8) is 0 Å². The number of aliphatic imine (C=N–C) groups is 1. The van der Waals surface area contributed by atoms with Crippen molar-refractivity contribution in [3.8, 4) is 0 Å². The van der Waals surface area contributed by atoms with Crippen LogP contribution in [0.15, 0.2) is 34.1 Å². The Morgan fingerprint density at radius 3 is 3.19 bits per heavy atom. The monoisotopic (exact) mass is 217 g/mol. The molecule has 0 saturated carbocycles. The predicted octanol–water partition coefficient (Wildman–Crippen LogP) is -0.0168. The molecule has 8 heteroatoms. The van der Waals surface area contributed by atoms with E-state index in [1.165, 1.54) is 21.7 Å². The topological polar surface area (TPSA) is 99.5 Å². The maximum absolute atomic E-state index is 5.54. The number of furan rings is 1. The Balaban J connectivity index is 2.01. The van der Waals surface area contributed by atoms with Gasteiger partial charge in [0.25, 0.3) is 11.7 Å². The van der Waals surface area contributed by atoms with Crippen LogP contribution in [-0.4, -0.2) is 30.7 Å². The quantitative estimate of drug-likeness (QED) is 0.480. The van der Waals surface area contributed by atoms with Crippen molar-refractivity contribution in [2.75, 3.05) is 5.84 Å². The molecule has 3 heterocycles. The lowest BCUT2D eigenvalue weighted by Crippen LogP contribution is -2.06. The lowest BCUT2D eigenvalue weighted by molar-refractivity contribution is 0.560. The van der Waals surface area contributed by atoms with Gasteiger partial charge in [-0.2, -0.15) is 9.61 Å². The molecule has 0 aliphatic rings. The summed E-state index contributed by atoms with van der Waals surface area (Å²) in [6, 6.07) is 3.55. The summed E-state index contributed by atoms with van der Waals surface area (Å²) in [6.45, 7) is 0. The van der Waals surface area contributed by atoms with Gasteiger partial charge in [0, 0.05) is 0 Å². The smallest absolute Gasteiger partial charge is 0.273 e. The van der Waals surface area contributed by atoms with Gasteiger partial charge < -0.3 is 10.3 Å². The Labute approximate surface area is 89.0 Å². The number of fused-ring (bicyclic) bond motifs is 1. The number of nitrogens with zero attached hydrogens (tertiary/aromatic N) is 6. The highest BCUT2D eigenvalue weighted by Gasteiger charge is 2.07. The molecule has 0 fully saturated rings. The molecule has 2 N–H and O–H groups in total. The minimum atomic E-state index is 0.343. The zero-order valence-electron chi connectivity index (χ0n) is 8.06. The van der Waals surface area contributed by atoms with Crippen molar-refractivity contribution in [2.24, 2.45) is 4.99 Å². The van der Waals surface area contributed by atoms with Gasteiger partial charge in [0.1, 0.15) is 12.1 Å². The molecule has 0 unspecified atom stereocenters. The van der Waals surface area contributed by atoms with Crippen LogP contribution in [0.2, 0.25) is 0 Å². The molecular formula is C8H7N7O. The first-order valence-electron chi connectivity index (χ1n) is 4.46. The summed E-state index contributed by atoms with van der Waals surface area (Å²) in [6.07, 6.45) is 4.53. The first kappa shape index (κ1) is 8.65. The Hall–Kier alpha value is -2.64. The molecule has 0 aliphatic carbocycles. The van der Waals surface area contributed by atoms with Gasteiger partial charge in [-0.1, -0.05) is 0 Å². The molecule has 0 amide bonds. The highest BCUT2D eigenvalue weighted by Crippen LogP contribution is 2.08. The molecule has 3 rings (SSSR count). The second-order valence-corrected chi connectivity index (χ2v) is 3.02. The fourth-order valence-corrected chi connectivity index (χ4v) is 1.25. The summed E-state index contributed by atoms with van der Waals surface area (Å²) in [5.41, 5.74) is 0. The third kappa shape index (κ3) is 1.24. The van der Waals surface area contributed by atoms with E-state index in [1.54, 1.807) is 18.4 Å². The van der Waals surface area contributed by atoms with Gasteiger partial charge in [-0.05, 0) is 12.1 Å². The van der Waals surface area contributed by atoms with E-state index < -0.39 is 0 Å². The summed E-state index contributed by atoms with van der Waals surface area (Å²) in [7, 11) is 0. The lowest BCUT2D eigenvalue weighted by Gasteiger charge is -1.85. The minimum absolute atomic E-state index is 0.343. The van der Waals surface area contributed by atoms with Crippen LogP contribution in [0.1, 0.15) is 5.76 Å². The average Bonchev–Trinajstić information content (AvgIpc) is 2.96. The van der Waals surface area contributed by atoms with Crippen molar-refractivity contribution < 1.29 is 4.42 Å². The van der Waals surface area contributed by atoms with Gasteiger partial charge >= 0.3 is 0 Å². The highest BCUT2D eigenvalue weighted by atomic mass is 16.3. The summed E-state index contributed by atoms with van der Waals surface area (Å²) >= 11 is 0. The van der Waals surface area contributed by atoms with Gasteiger partial charge in [-0.15, -0.1) is 10.2 Å². The number of rotatable bonds is 2. The Bertz CT molecular complexity index is 632. The second-order valence-electron chi connectivity index (χ2n) is 3.02. The van der Waals surface area contributed by atoms with E-state index in [9.17, 15) is 0 Å². The van der Waals surface area contributed by atoms with Crippen molar-refractivity contribution in [3.05, 3.63) is 30.5 Å². The van der Waals surface area contributed by atoms with E-state index in [4.69, 9.17) is 10.3 Å². The van der Waals surface area contributed by atoms with Crippen molar-refractivity contribution in [1.29, 1.82) is 0 Å². The number of hydrogen-bond donors (Lipinski definition) is 1. The summed E-state index contributed by atoms with van der Waals surface area (Å²) in [4.78, 5) is 4.09. The molecule has 0 radical (unpaired) electrons. The third-order valence-corrected chi connectivity index (χ3v) is 1.98. The lowest BCUT2D eigenvalue weighted by atomic mass is 10.5. The molecule has 0 atom stereocenters. The van der Waals surface area contributed by atoms with Crippen LogP contribution in [0.3, 0.4) is 0 Å². The first-order chi connectivity index (χ1) is 7.84. The predicted molar refractivity (Wildman–Crippen MR) is 54.9 cm³/mol. The third-order valence-electron chi connectivity index (χ3n) is 1.98. The Morgan fingerprint density at radius 1 is 1.44 bits per heavy atom. The molecule has 16 heavy (non-hydrogen) atoms. The maximum atomic E-state index is 5.54. The Kier molecular flexibility index (Phi) is 1.72. The first-order valence-corrected chi connectivity index (χ1v) is 4.46. The van der Waals surface area contributed by atoms with E-state index >= 15 is 0 Å². The largest absolute Gasteiger partial charge is 0.463 e. The highest BCUT2D eigenvalue weighted by molar-refractivity contribution is 5.77. The fraction of sp³-hybridized carbons (Fsp3) is 0. The van der Waals surface area contributed by atoms with Gasteiger partial charge in [-0.25, -0.2) is 9.67 Å². The molecule has 80 valence electrons.